The Morgan fingerprint density at radius 1 is 0.891 bits per heavy atom. The number of methoxy groups -OCH3 is 2. The van der Waals surface area contributed by atoms with Crippen molar-refractivity contribution in [2.45, 2.75) is 51.0 Å². The van der Waals surface area contributed by atoms with Crippen LogP contribution in [0.1, 0.15) is 55.9 Å². The molecule has 0 aliphatic heterocycles. The quantitative estimate of drug-likeness (QED) is 0.207. The maximum Gasteiger partial charge on any atom is 0.330 e. The van der Waals surface area contributed by atoms with Crippen LogP contribution in [0.5, 0.6) is 11.5 Å². The van der Waals surface area contributed by atoms with E-state index < -0.39 is 17.4 Å². The number of hydrogen-bond donors (Lipinski definition) is 3. The highest BCUT2D eigenvalue weighted by Gasteiger charge is 2.62. The first-order chi connectivity index (χ1) is 22.3. The topological polar surface area (TPSA) is 132 Å². The minimum atomic E-state index is -1.32. The fraction of sp³-hybridized carbons (Fsp3) is 0.389. The summed E-state index contributed by atoms with van der Waals surface area (Å²) in [6.45, 7) is 1.80. The Labute approximate surface area is 267 Å². The molecule has 0 atom stereocenters. The van der Waals surface area contributed by atoms with E-state index in [1.165, 1.54) is 6.42 Å². The van der Waals surface area contributed by atoms with Crippen molar-refractivity contribution in [3.63, 3.8) is 0 Å². The third-order valence-corrected chi connectivity index (χ3v) is 10.5. The summed E-state index contributed by atoms with van der Waals surface area (Å²) < 4.78 is 13.2. The maximum absolute atomic E-state index is 14.2. The number of anilines is 1. The standard InChI is InChI=1S/C36H38N4O6/c1-4-32(41)37-26-12-13-28(25-9-6-5-8-24(25)26)40-29(33-30(45-2)10-7-11-31(33)46-3)19-27(39-40)34(42)38-36(35(43)44)22-15-20-14-21(17-22)18-23(36)16-20/h5-13,19-23H,4,14-18H2,1-3H3,(H,37,41)(H,38,42)(H,43,44). The summed E-state index contributed by atoms with van der Waals surface area (Å²) in [7, 11) is 3.13. The SMILES string of the molecule is CCC(=O)Nc1ccc(-n2nc(C(=O)NC3(C(=O)O)C4CC5CC(C4)CC3C5)cc2-c2c(OC)cccc2OC)c2ccccc12. The van der Waals surface area contributed by atoms with Gasteiger partial charge in [0.05, 0.1) is 31.2 Å². The molecule has 4 saturated carbocycles. The van der Waals surface area contributed by atoms with Crippen molar-refractivity contribution in [3.8, 4) is 28.4 Å². The van der Waals surface area contributed by atoms with Crippen LogP contribution in [0.2, 0.25) is 0 Å². The highest BCUT2D eigenvalue weighted by atomic mass is 16.5. The van der Waals surface area contributed by atoms with Crippen LogP contribution < -0.4 is 20.1 Å². The molecule has 3 N–H and O–H groups in total. The van der Waals surface area contributed by atoms with Gasteiger partial charge in [0.1, 0.15) is 17.0 Å². The third kappa shape index (κ3) is 4.69. The summed E-state index contributed by atoms with van der Waals surface area (Å²) in [6.07, 6.45) is 4.80. The summed E-state index contributed by atoms with van der Waals surface area (Å²) >= 11 is 0. The zero-order valence-corrected chi connectivity index (χ0v) is 26.2. The Bertz CT molecular complexity index is 1810. The monoisotopic (exact) mass is 622 g/mol. The average molecular weight is 623 g/mol. The number of ether oxygens (including phenoxy) is 2. The Morgan fingerprint density at radius 3 is 2.11 bits per heavy atom. The number of aliphatic carboxylic acids is 1. The Balaban J connectivity index is 1.38. The van der Waals surface area contributed by atoms with E-state index in [0.29, 0.717) is 52.4 Å². The van der Waals surface area contributed by atoms with Crippen molar-refractivity contribution >= 4 is 34.2 Å². The molecule has 2 amide bonds. The fourth-order valence-electron chi connectivity index (χ4n) is 8.56. The molecule has 0 unspecified atom stereocenters. The van der Waals surface area contributed by atoms with Gasteiger partial charge >= 0.3 is 5.97 Å². The summed E-state index contributed by atoms with van der Waals surface area (Å²) in [5.74, 6) is 0.317. The lowest BCUT2D eigenvalue weighted by atomic mass is 9.48. The molecule has 10 nitrogen and oxygen atoms in total. The molecule has 1 aromatic heterocycles. The molecule has 0 radical (unpaired) electrons. The van der Waals surface area contributed by atoms with Crippen molar-refractivity contribution < 1.29 is 29.0 Å². The van der Waals surface area contributed by atoms with Crippen LogP contribution in [-0.4, -0.2) is 52.4 Å². The van der Waals surface area contributed by atoms with E-state index in [1.807, 2.05) is 54.6 Å². The minimum absolute atomic E-state index is 0.0878. The number of benzene rings is 3. The van der Waals surface area contributed by atoms with E-state index in [4.69, 9.17) is 14.6 Å². The van der Waals surface area contributed by atoms with Gasteiger partial charge in [-0.25, -0.2) is 9.48 Å². The minimum Gasteiger partial charge on any atom is -0.496 e. The summed E-state index contributed by atoms with van der Waals surface area (Å²) in [5, 5.41) is 23.1. The predicted molar refractivity (Wildman–Crippen MR) is 173 cm³/mol. The summed E-state index contributed by atoms with van der Waals surface area (Å²) in [6, 6.07) is 18.4. The van der Waals surface area contributed by atoms with Crippen molar-refractivity contribution in [2.75, 3.05) is 19.5 Å². The van der Waals surface area contributed by atoms with Crippen molar-refractivity contribution in [1.82, 2.24) is 15.1 Å². The highest BCUT2D eigenvalue weighted by Crippen LogP contribution is 2.58. The van der Waals surface area contributed by atoms with Gasteiger partial charge in [0, 0.05) is 22.9 Å². The molecular weight excluding hydrogens is 584 g/mol. The largest absolute Gasteiger partial charge is 0.496 e. The Morgan fingerprint density at radius 2 is 1.52 bits per heavy atom. The number of carbonyl (C=O) groups excluding carboxylic acids is 2. The maximum atomic E-state index is 14.2. The van der Waals surface area contributed by atoms with Crippen LogP contribution in [0.4, 0.5) is 5.69 Å². The van der Waals surface area contributed by atoms with E-state index in [9.17, 15) is 19.5 Å². The van der Waals surface area contributed by atoms with Crippen LogP contribution in [0.15, 0.2) is 60.7 Å². The molecule has 4 aromatic rings. The molecule has 10 heteroatoms. The molecule has 1 heterocycles. The number of carboxylic acid groups (broad SMARTS) is 1. The predicted octanol–water partition coefficient (Wildman–Crippen LogP) is 6.07. The highest BCUT2D eigenvalue weighted by molar-refractivity contribution is 6.05. The number of rotatable bonds is 9. The number of carbonyl (C=O) groups is 3. The van der Waals surface area contributed by atoms with Crippen LogP contribution in [0.3, 0.4) is 0 Å². The van der Waals surface area contributed by atoms with E-state index in [-0.39, 0.29) is 23.4 Å². The van der Waals surface area contributed by atoms with Gasteiger partial charge in [0.15, 0.2) is 5.69 Å². The lowest BCUT2D eigenvalue weighted by Crippen LogP contribution is -2.70. The van der Waals surface area contributed by atoms with Crippen LogP contribution in [0.25, 0.3) is 27.7 Å². The molecule has 4 aliphatic carbocycles. The molecule has 8 rings (SSSR count). The van der Waals surface area contributed by atoms with Gasteiger partial charge in [-0.3, -0.25) is 9.59 Å². The first-order valence-corrected chi connectivity index (χ1v) is 16.0. The van der Waals surface area contributed by atoms with Gasteiger partial charge in [-0.05, 0) is 86.1 Å². The first-order valence-electron chi connectivity index (χ1n) is 16.0. The van der Waals surface area contributed by atoms with Crippen molar-refractivity contribution in [2.24, 2.45) is 23.7 Å². The Kier molecular flexibility index (Phi) is 7.45. The van der Waals surface area contributed by atoms with Gasteiger partial charge in [0.2, 0.25) is 5.91 Å². The average Bonchev–Trinajstić information content (AvgIpc) is 3.50. The van der Waals surface area contributed by atoms with Crippen molar-refractivity contribution in [3.05, 3.63) is 66.4 Å². The van der Waals surface area contributed by atoms with Gasteiger partial charge < -0.3 is 25.2 Å². The first kappa shape index (κ1) is 29.8. The molecule has 4 aliphatic rings. The van der Waals surface area contributed by atoms with Crippen LogP contribution in [0, 0.1) is 23.7 Å². The van der Waals surface area contributed by atoms with Gasteiger partial charge in [-0.15, -0.1) is 0 Å². The number of nitrogens with zero attached hydrogens (tertiary/aromatic N) is 2. The number of carboxylic acids is 1. The molecule has 238 valence electrons. The second-order valence-electron chi connectivity index (χ2n) is 12.9. The molecule has 46 heavy (non-hydrogen) atoms. The van der Waals surface area contributed by atoms with Crippen LogP contribution >= 0.6 is 0 Å². The molecule has 4 bridgehead atoms. The molecular formula is C36H38N4O6. The Hall–Kier alpha value is -4.86. The van der Waals surface area contributed by atoms with Gasteiger partial charge in [-0.1, -0.05) is 37.3 Å². The summed E-state index contributed by atoms with van der Waals surface area (Å²) in [5.41, 5.74) is 1.22. The fourth-order valence-corrected chi connectivity index (χ4v) is 8.56. The molecule has 4 fully saturated rings. The van der Waals surface area contributed by atoms with E-state index in [1.54, 1.807) is 31.9 Å². The zero-order chi connectivity index (χ0) is 32.2. The number of hydrogen-bond acceptors (Lipinski definition) is 6. The number of amides is 2. The lowest BCUT2D eigenvalue weighted by molar-refractivity contribution is -0.163. The molecule has 3 aromatic carbocycles. The van der Waals surface area contributed by atoms with Gasteiger partial charge in [0.25, 0.3) is 5.91 Å². The smallest absolute Gasteiger partial charge is 0.330 e. The van der Waals surface area contributed by atoms with Crippen molar-refractivity contribution in [1.29, 1.82) is 0 Å². The number of fused-ring (bicyclic) bond motifs is 1. The number of aromatic nitrogens is 2. The van der Waals surface area contributed by atoms with E-state index in [0.717, 1.165) is 36.5 Å². The normalized spacial score (nSPS) is 24.5. The second kappa shape index (κ2) is 11.5. The van der Waals surface area contributed by atoms with E-state index >= 15 is 0 Å². The number of nitrogens with one attached hydrogen (secondary N) is 2. The zero-order valence-electron chi connectivity index (χ0n) is 26.2. The summed E-state index contributed by atoms with van der Waals surface area (Å²) in [4.78, 5) is 39.6. The second-order valence-corrected chi connectivity index (χ2v) is 12.9. The van der Waals surface area contributed by atoms with E-state index in [2.05, 4.69) is 10.6 Å². The molecule has 0 spiro atoms. The van der Waals surface area contributed by atoms with Crippen LogP contribution in [-0.2, 0) is 9.59 Å². The molecule has 0 saturated heterocycles. The third-order valence-electron chi connectivity index (χ3n) is 10.5. The lowest BCUT2D eigenvalue weighted by Gasteiger charge is -2.59. The van der Waals surface area contributed by atoms with Gasteiger partial charge in [-0.2, -0.15) is 5.10 Å².